The molecule has 2 nitrogen and oxygen atoms in total. The molecule has 0 aromatic heterocycles. The molecule has 0 heterocycles. The normalized spacial score (nSPS) is 14.5. The van der Waals surface area contributed by atoms with Gasteiger partial charge in [-0.2, -0.15) is 13.2 Å². The molecule has 0 aliphatic heterocycles. The van der Waals surface area contributed by atoms with Gasteiger partial charge >= 0.3 is 6.18 Å². The van der Waals surface area contributed by atoms with Crippen molar-refractivity contribution in [3.05, 3.63) is 53.3 Å². The first-order chi connectivity index (χ1) is 11.4. The summed E-state index contributed by atoms with van der Waals surface area (Å²) in [5, 5.41) is 0. The minimum Gasteiger partial charge on any atom is -0.483 e. The second-order valence-corrected chi connectivity index (χ2v) is 5.79. The summed E-state index contributed by atoms with van der Waals surface area (Å²) in [6.07, 6.45) is -2.11. The van der Waals surface area contributed by atoms with E-state index in [0.717, 1.165) is 18.4 Å². The summed E-state index contributed by atoms with van der Waals surface area (Å²) >= 11 is 0. The first kappa shape index (κ1) is 16.5. The van der Waals surface area contributed by atoms with Crippen molar-refractivity contribution in [2.45, 2.75) is 24.9 Å². The van der Waals surface area contributed by atoms with Crippen LogP contribution in [-0.2, 0) is 0 Å². The number of hydrogen-bond acceptors (Lipinski definition) is 2. The molecule has 3 rings (SSSR count). The number of rotatable bonds is 5. The van der Waals surface area contributed by atoms with Crippen LogP contribution in [0.4, 0.5) is 17.6 Å². The van der Waals surface area contributed by atoms with Crippen LogP contribution >= 0.6 is 0 Å². The van der Waals surface area contributed by atoms with E-state index in [1.165, 1.54) is 30.3 Å². The van der Waals surface area contributed by atoms with Gasteiger partial charge in [0.25, 0.3) is 0 Å². The van der Waals surface area contributed by atoms with E-state index < -0.39 is 18.6 Å². The third-order valence-corrected chi connectivity index (χ3v) is 3.83. The molecule has 1 aliphatic carbocycles. The maximum atomic E-state index is 13.2. The number of ether oxygens (including phenoxy) is 1. The topological polar surface area (TPSA) is 26.3 Å². The van der Waals surface area contributed by atoms with Crippen molar-refractivity contribution in [1.29, 1.82) is 0 Å². The smallest absolute Gasteiger partial charge is 0.422 e. The molecule has 0 N–H and O–H groups in total. The molecule has 126 valence electrons. The molecule has 2 aromatic carbocycles. The van der Waals surface area contributed by atoms with Gasteiger partial charge in [0, 0.05) is 11.1 Å². The van der Waals surface area contributed by atoms with Crippen LogP contribution < -0.4 is 4.74 Å². The number of carbonyl (C=O) groups is 1. The van der Waals surface area contributed by atoms with E-state index in [0.29, 0.717) is 17.4 Å². The van der Waals surface area contributed by atoms with Crippen molar-refractivity contribution in [2.24, 2.45) is 0 Å². The highest BCUT2D eigenvalue weighted by atomic mass is 19.4. The Hall–Kier alpha value is -2.37. The lowest BCUT2D eigenvalue weighted by Crippen LogP contribution is -2.19. The van der Waals surface area contributed by atoms with Crippen molar-refractivity contribution in [3.8, 4) is 16.9 Å². The summed E-state index contributed by atoms with van der Waals surface area (Å²) in [4.78, 5) is 11.1. The molecule has 0 amide bonds. The van der Waals surface area contributed by atoms with E-state index in [9.17, 15) is 22.4 Å². The van der Waals surface area contributed by atoms with Gasteiger partial charge in [0.15, 0.2) is 6.61 Å². The molecule has 1 aliphatic rings. The quantitative estimate of drug-likeness (QED) is 0.558. The molecule has 24 heavy (non-hydrogen) atoms. The predicted molar refractivity (Wildman–Crippen MR) is 80.7 cm³/mol. The average Bonchev–Trinajstić information content (AvgIpc) is 3.37. The molecule has 0 saturated heterocycles. The third kappa shape index (κ3) is 3.75. The Labute approximate surface area is 136 Å². The van der Waals surface area contributed by atoms with Crippen LogP contribution in [0.15, 0.2) is 36.4 Å². The fourth-order valence-electron chi connectivity index (χ4n) is 2.64. The van der Waals surface area contributed by atoms with Crippen molar-refractivity contribution in [2.75, 3.05) is 6.61 Å². The van der Waals surface area contributed by atoms with Gasteiger partial charge in [-0.3, -0.25) is 4.79 Å². The molecule has 0 spiro atoms. The summed E-state index contributed by atoms with van der Waals surface area (Å²) in [5.41, 5.74) is 2.09. The number of alkyl halides is 3. The van der Waals surface area contributed by atoms with Crippen molar-refractivity contribution in [3.63, 3.8) is 0 Å². The second-order valence-electron chi connectivity index (χ2n) is 5.79. The number of halogens is 4. The molecule has 1 saturated carbocycles. The van der Waals surface area contributed by atoms with Gasteiger partial charge in [0.1, 0.15) is 17.9 Å². The Morgan fingerprint density at radius 1 is 1.12 bits per heavy atom. The predicted octanol–water partition coefficient (Wildman–Crippen LogP) is 5.12. The highest BCUT2D eigenvalue weighted by Gasteiger charge is 2.32. The van der Waals surface area contributed by atoms with Gasteiger partial charge in [-0.1, -0.05) is 12.1 Å². The average molecular weight is 338 g/mol. The molecule has 6 heteroatoms. The van der Waals surface area contributed by atoms with Crippen LogP contribution in [0.3, 0.4) is 0 Å². The van der Waals surface area contributed by atoms with Crippen LogP contribution in [0, 0.1) is 5.82 Å². The summed E-state index contributed by atoms with van der Waals surface area (Å²) in [6.45, 7) is -1.45. The Morgan fingerprint density at radius 2 is 1.79 bits per heavy atom. The Kier molecular flexibility index (Phi) is 4.30. The van der Waals surface area contributed by atoms with Gasteiger partial charge in [-0.15, -0.1) is 0 Å². The SMILES string of the molecule is O=Cc1cc(OCC(F)(F)F)c(-c2ccc(F)cc2)c(C2CC2)c1. The van der Waals surface area contributed by atoms with Gasteiger partial charge in [-0.05, 0) is 54.2 Å². The van der Waals surface area contributed by atoms with E-state index in [-0.39, 0.29) is 17.2 Å². The van der Waals surface area contributed by atoms with Crippen molar-refractivity contribution in [1.82, 2.24) is 0 Å². The summed E-state index contributed by atoms with van der Waals surface area (Å²) in [7, 11) is 0. The van der Waals surface area contributed by atoms with Crippen molar-refractivity contribution >= 4 is 6.29 Å². The number of carbonyl (C=O) groups excluding carboxylic acids is 1. The molecular weight excluding hydrogens is 324 g/mol. The fraction of sp³-hybridized carbons (Fsp3) is 0.278. The van der Waals surface area contributed by atoms with E-state index in [4.69, 9.17) is 4.74 Å². The molecule has 0 radical (unpaired) electrons. The maximum Gasteiger partial charge on any atom is 0.422 e. The first-order valence-corrected chi connectivity index (χ1v) is 7.46. The van der Waals surface area contributed by atoms with Gasteiger partial charge in [-0.25, -0.2) is 4.39 Å². The molecular formula is C18H14F4O2. The zero-order valence-corrected chi connectivity index (χ0v) is 12.6. The summed E-state index contributed by atoms with van der Waals surface area (Å²) in [6, 6.07) is 8.45. The van der Waals surface area contributed by atoms with E-state index in [2.05, 4.69) is 0 Å². The minimum absolute atomic E-state index is 0.00886. The van der Waals surface area contributed by atoms with Crippen LogP contribution in [0.5, 0.6) is 5.75 Å². The molecule has 0 bridgehead atoms. The molecule has 0 unspecified atom stereocenters. The van der Waals surface area contributed by atoms with Crippen molar-refractivity contribution < 1.29 is 27.1 Å². The maximum absolute atomic E-state index is 13.2. The Balaban J connectivity index is 2.11. The van der Waals surface area contributed by atoms with Crippen LogP contribution in [0.2, 0.25) is 0 Å². The minimum atomic E-state index is -4.49. The van der Waals surface area contributed by atoms with Gasteiger partial charge in [0.2, 0.25) is 0 Å². The van der Waals surface area contributed by atoms with E-state index in [1.807, 2.05) is 0 Å². The summed E-state index contributed by atoms with van der Waals surface area (Å²) in [5.74, 6) is -0.266. The standard InChI is InChI=1S/C18H14F4O2/c19-14-5-3-13(4-6-14)17-15(12-1-2-12)7-11(9-23)8-16(17)24-10-18(20,21)22/h3-9,12H,1-2,10H2. The zero-order valence-electron chi connectivity index (χ0n) is 12.6. The zero-order chi connectivity index (χ0) is 17.3. The largest absolute Gasteiger partial charge is 0.483 e. The number of benzene rings is 2. The lowest BCUT2D eigenvalue weighted by molar-refractivity contribution is -0.153. The van der Waals surface area contributed by atoms with E-state index >= 15 is 0 Å². The Bertz CT molecular complexity index is 747. The highest BCUT2D eigenvalue weighted by Crippen LogP contribution is 2.48. The number of hydrogen-bond donors (Lipinski definition) is 0. The van der Waals surface area contributed by atoms with Crippen LogP contribution in [0.1, 0.15) is 34.7 Å². The monoisotopic (exact) mass is 338 g/mol. The van der Waals surface area contributed by atoms with Gasteiger partial charge < -0.3 is 4.74 Å². The molecule has 1 fully saturated rings. The van der Waals surface area contributed by atoms with E-state index in [1.54, 1.807) is 6.07 Å². The fourth-order valence-corrected chi connectivity index (χ4v) is 2.64. The lowest BCUT2D eigenvalue weighted by Gasteiger charge is -2.18. The Morgan fingerprint density at radius 3 is 2.33 bits per heavy atom. The summed E-state index contributed by atoms with van der Waals surface area (Å²) < 4.78 is 55.8. The first-order valence-electron chi connectivity index (χ1n) is 7.46. The van der Waals surface area contributed by atoms with Gasteiger partial charge in [0.05, 0.1) is 0 Å². The molecule has 0 atom stereocenters. The highest BCUT2D eigenvalue weighted by molar-refractivity contribution is 5.83. The van der Waals surface area contributed by atoms with Crippen LogP contribution in [-0.4, -0.2) is 19.1 Å². The lowest BCUT2D eigenvalue weighted by atomic mass is 9.93. The van der Waals surface area contributed by atoms with Crippen LogP contribution in [0.25, 0.3) is 11.1 Å². The second kappa shape index (κ2) is 6.26. The third-order valence-electron chi connectivity index (χ3n) is 3.83. The number of aldehydes is 1. The molecule has 2 aromatic rings.